The van der Waals surface area contributed by atoms with E-state index >= 15 is 0 Å². The van der Waals surface area contributed by atoms with Crippen LogP contribution in [0.15, 0.2) is 53.4 Å². The number of rotatable bonds is 3. The molecule has 1 aliphatic heterocycles. The summed E-state index contributed by atoms with van der Waals surface area (Å²) in [5, 5.41) is 1.84. The maximum atomic E-state index is 11.5. The Morgan fingerprint density at radius 1 is 1.04 bits per heavy atom. The molecular weight excluding hydrogens is 312 g/mol. The van der Waals surface area contributed by atoms with Gasteiger partial charge in [0.25, 0.3) is 11.1 Å². The molecule has 6 heteroatoms. The van der Waals surface area contributed by atoms with E-state index < -0.39 is 5.91 Å². The molecule has 1 fully saturated rings. The molecule has 0 spiro atoms. The minimum Gasteiger partial charge on any atom is -0.366 e. The molecule has 114 valence electrons. The van der Waals surface area contributed by atoms with Gasteiger partial charge in [0, 0.05) is 5.56 Å². The quantitative estimate of drug-likeness (QED) is 0.850. The number of thioether (sulfide) groups is 1. The Morgan fingerprint density at radius 3 is 2.35 bits per heavy atom. The van der Waals surface area contributed by atoms with Crippen molar-refractivity contribution >= 4 is 34.9 Å². The zero-order valence-corrected chi connectivity index (χ0v) is 12.7. The van der Waals surface area contributed by atoms with Crippen molar-refractivity contribution in [1.82, 2.24) is 5.32 Å². The molecule has 0 radical (unpaired) electrons. The standard InChI is InChI=1S/C17H12N2O3S/c18-15(20)13-4-2-1-3-12(13)11-7-5-10(6-8-11)9-14-16(21)19-17(22)23-14/h1-9H,(H2,18,20)(H,19,21,22)/b14-9-. The van der Waals surface area contributed by atoms with Crippen LogP contribution in [0.5, 0.6) is 0 Å². The zero-order valence-electron chi connectivity index (χ0n) is 11.9. The normalized spacial score (nSPS) is 15.7. The Hall–Kier alpha value is -2.86. The van der Waals surface area contributed by atoms with E-state index in [1.54, 1.807) is 18.2 Å². The summed E-state index contributed by atoms with van der Waals surface area (Å²) in [4.78, 5) is 34.5. The number of carbonyl (C=O) groups is 3. The van der Waals surface area contributed by atoms with Crippen LogP contribution >= 0.6 is 11.8 Å². The van der Waals surface area contributed by atoms with Gasteiger partial charge >= 0.3 is 0 Å². The molecule has 0 unspecified atom stereocenters. The van der Waals surface area contributed by atoms with Crippen LogP contribution in [-0.4, -0.2) is 17.1 Å². The monoisotopic (exact) mass is 324 g/mol. The zero-order chi connectivity index (χ0) is 16.4. The highest BCUT2D eigenvalue weighted by Crippen LogP contribution is 2.27. The molecule has 3 rings (SSSR count). The third-order valence-electron chi connectivity index (χ3n) is 3.35. The van der Waals surface area contributed by atoms with E-state index in [4.69, 9.17) is 5.73 Å². The molecule has 0 atom stereocenters. The number of nitrogens with two attached hydrogens (primary N) is 1. The Kier molecular flexibility index (Phi) is 3.99. The first-order valence-corrected chi connectivity index (χ1v) is 7.60. The molecule has 2 aromatic carbocycles. The third kappa shape index (κ3) is 3.17. The molecule has 1 heterocycles. The molecule has 3 amide bonds. The van der Waals surface area contributed by atoms with Gasteiger partial charge in [-0.3, -0.25) is 19.7 Å². The van der Waals surface area contributed by atoms with E-state index in [1.807, 2.05) is 36.4 Å². The van der Waals surface area contributed by atoms with Gasteiger partial charge in [0.2, 0.25) is 5.91 Å². The van der Waals surface area contributed by atoms with Crippen molar-refractivity contribution in [3.05, 3.63) is 64.6 Å². The van der Waals surface area contributed by atoms with E-state index in [0.29, 0.717) is 10.5 Å². The van der Waals surface area contributed by atoms with Crippen LogP contribution in [0.1, 0.15) is 15.9 Å². The fourth-order valence-corrected chi connectivity index (χ4v) is 2.96. The molecule has 0 aliphatic carbocycles. The minimum absolute atomic E-state index is 0.361. The average molecular weight is 324 g/mol. The summed E-state index contributed by atoms with van der Waals surface area (Å²) in [5.41, 5.74) is 8.24. The topological polar surface area (TPSA) is 89.3 Å². The molecule has 0 bridgehead atoms. The predicted octanol–water partition coefficient (Wildman–Crippen LogP) is 2.78. The number of imide groups is 1. The van der Waals surface area contributed by atoms with Gasteiger partial charge in [0.15, 0.2) is 0 Å². The second-order valence-electron chi connectivity index (χ2n) is 4.88. The molecule has 1 saturated heterocycles. The van der Waals surface area contributed by atoms with Crippen LogP contribution in [0, 0.1) is 0 Å². The van der Waals surface area contributed by atoms with Crippen molar-refractivity contribution in [2.24, 2.45) is 5.73 Å². The fourth-order valence-electron chi connectivity index (χ4n) is 2.28. The number of hydrogen-bond acceptors (Lipinski definition) is 4. The van der Waals surface area contributed by atoms with E-state index in [9.17, 15) is 14.4 Å². The Balaban J connectivity index is 1.92. The summed E-state index contributed by atoms with van der Waals surface area (Å²) in [5.74, 6) is -0.868. The molecule has 0 saturated carbocycles. The van der Waals surface area contributed by atoms with Gasteiger partial charge in [0.1, 0.15) is 0 Å². The van der Waals surface area contributed by atoms with Crippen molar-refractivity contribution in [1.29, 1.82) is 0 Å². The van der Waals surface area contributed by atoms with Crippen LogP contribution in [0.4, 0.5) is 4.79 Å². The number of hydrogen-bond donors (Lipinski definition) is 2. The number of nitrogens with one attached hydrogen (secondary N) is 1. The summed E-state index contributed by atoms with van der Waals surface area (Å²) in [6.45, 7) is 0. The lowest BCUT2D eigenvalue weighted by Gasteiger charge is -2.07. The number of primary amides is 1. The number of benzene rings is 2. The second-order valence-corrected chi connectivity index (χ2v) is 5.90. The Bertz CT molecular complexity index is 841. The lowest BCUT2D eigenvalue weighted by Crippen LogP contribution is -2.17. The van der Waals surface area contributed by atoms with Crippen molar-refractivity contribution in [2.45, 2.75) is 0 Å². The van der Waals surface area contributed by atoms with E-state index in [1.165, 1.54) is 0 Å². The molecule has 3 N–H and O–H groups in total. The van der Waals surface area contributed by atoms with Gasteiger partial charge in [0.05, 0.1) is 4.91 Å². The van der Waals surface area contributed by atoms with Gasteiger partial charge in [-0.25, -0.2) is 0 Å². The van der Waals surface area contributed by atoms with Gasteiger partial charge in [-0.1, -0.05) is 42.5 Å². The van der Waals surface area contributed by atoms with Gasteiger partial charge in [-0.05, 0) is 40.6 Å². The minimum atomic E-state index is -0.482. The lowest BCUT2D eigenvalue weighted by molar-refractivity contribution is -0.115. The molecule has 2 aromatic rings. The van der Waals surface area contributed by atoms with Gasteiger partial charge in [-0.2, -0.15) is 0 Å². The average Bonchev–Trinajstić information content (AvgIpc) is 2.85. The predicted molar refractivity (Wildman–Crippen MR) is 89.5 cm³/mol. The second kappa shape index (κ2) is 6.10. The first-order valence-electron chi connectivity index (χ1n) is 6.79. The van der Waals surface area contributed by atoms with Crippen molar-refractivity contribution in [3.8, 4) is 11.1 Å². The van der Waals surface area contributed by atoms with E-state index in [2.05, 4.69) is 5.32 Å². The van der Waals surface area contributed by atoms with E-state index in [0.717, 1.165) is 28.5 Å². The van der Waals surface area contributed by atoms with E-state index in [-0.39, 0.29) is 11.1 Å². The lowest BCUT2D eigenvalue weighted by atomic mass is 9.98. The maximum absolute atomic E-state index is 11.5. The van der Waals surface area contributed by atoms with Gasteiger partial charge in [-0.15, -0.1) is 0 Å². The Morgan fingerprint density at radius 2 is 1.74 bits per heavy atom. The molecule has 1 aliphatic rings. The van der Waals surface area contributed by atoms with Crippen LogP contribution in [0.3, 0.4) is 0 Å². The van der Waals surface area contributed by atoms with Crippen molar-refractivity contribution < 1.29 is 14.4 Å². The third-order valence-corrected chi connectivity index (χ3v) is 4.16. The number of amides is 3. The highest BCUT2D eigenvalue weighted by molar-refractivity contribution is 8.18. The summed E-state index contributed by atoms with van der Waals surface area (Å²) in [6, 6.07) is 14.4. The maximum Gasteiger partial charge on any atom is 0.290 e. The summed E-state index contributed by atoms with van der Waals surface area (Å²) in [7, 11) is 0. The van der Waals surface area contributed by atoms with Crippen LogP contribution in [0.2, 0.25) is 0 Å². The SMILES string of the molecule is NC(=O)c1ccccc1-c1ccc(/C=C2\SC(=O)NC2=O)cc1. The van der Waals surface area contributed by atoms with Gasteiger partial charge < -0.3 is 5.73 Å². The highest BCUT2D eigenvalue weighted by Gasteiger charge is 2.24. The van der Waals surface area contributed by atoms with Crippen LogP contribution in [0.25, 0.3) is 17.2 Å². The smallest absolute Gasteiger partial charge is 0.290 e. The summed E-state index contributed by atoms with van der Waals surface area (Å²) >= 11 is 0.876. The Labute approximate surface area is 136 Å². The summed E-state index contributed by atoms with van der Waals surface area (Å²) in [6.07, 6.45) is 1.65. The van der Waals surface area contributed by atoms with Crippen molar-refractivity contribution in [2.75, 3.05) is 0 Å². The highest BCUT2D eigenvalue weighted by atomic mass is 32.2. The van der Waals surface area contributed by atoms with Crippen LogP contribution < -0.4 is 11.1 Å². The first-order chi connectivity index (χ1) is 11.0. The first kappa shape index (κ1) is 15.1. The largest absolute Gasteiger partial charge is 0.366 e. The molecule has 0 aromatic heterocycles. The van der Waals surface area contributed by atoms with Crippen LogP contribution in [-0.2, 0) is 4.79 Å². The molecular formula is C17H12N2O3S. The fraction of sp³-hybridized carbons (Fsp3) is 0. The number of carbonyl (C=O) groups excluding carboxylic acids is 3. The van der Waals surface area contributed by atoms with Crippen molar-refractivity contribution in [3.63, 3.8) is 0 Å². The summed E-state index contributed by atoms with van der Waals surface area (Å²) < 4.78 is 0. The molecule has 5 nitrogen and oxygen atoms in total. The molecule has 23 heavy (non-hydrogen) atoms.